The average Bonchev–Trinajstić information content (AvgIpc) is 2.96. The van der Waals surface area contributed by atoms with Crippen molar-refractivity contribution >= 4 is 17.4 Å². The Morgan fingerprint density at radius 2 is 2.28 bits per heavy atom. The average molecular weight is 243 g/mol. The van der Waals surface area contributed by atoms with Gasteiger partial charge in [0.15, 0.2) is 17.2 Å². The Labute approximate surface area is 101 Å². The molecule has 3 aromatic heterocycles. The predicted molar refractivity (Wildman–Crippen MR) is 62.9 cm³/mol. The normalized spacial score (nSPS) is 10.9. The third-order valence-electron chi connectivity index (χ3n) is 2.45. The highest BCUT2D eigenvalue weighted by Gasteiger charge is 2.13. The molecular weight excluding hydrogens is 234 g/mol. The summed E-state index contributed by atoms with van der Waals surface area (Å²) in [6.07, 6.45) is 1.53. The van der Waals surface area contributed by atoms with Crippen molar-refractivity contribution in [1.29, 1.82) is 0 Å². The first-order chi connectivity index (χ1) is 8.65. The molecule has 0 aromatic carbocycles. The number of carbonyl (C=O) groups excluding carboxylic acids is 1. The van der Waals surface area contributed by atoms with Crippen LogP contribution in [-0.2, 0) is 0 Å². The number of nitrogens with two attached hydrogens (primary N) is 1. The van der Waals surface area contributed by atoms with E-state index in [0.717, 1.165) is 0 Å². The molecule has 7 nitrogen and oxygen atoms in total. The molecule has 90 valence electrons. The quantitative estimate of drug-likeness (QED) is 0.678. The van der Waals surface area contributed by atoms with Gasteiger partial charge in [0.2, 0.25) is 11.8 Å². The maximum absolute atomic E-state index is 11.3. The molecule has 0 amide bonds. The van der Waals surface area contributed by atoms with E-state index in [4.69, 9.17) is 10.2 Å². The minimum atomic E-state index is -0.174. The monoisotopic (exact) mass is 243 g/mol. The van der Waals surface area contributed by atoms with Crippen LogP contribution in [0.25, 0.3) is 17.2 Å². The molecule has 3 aromatic rings. The van der Waals surface area contributed by atoms with Crippen LogP contribution in [-0.4, -0.2) is 25.4 Å². The number of nitrogens with zero attached hydrogens (tertiary/aromatic N) is 4. The van der Waals surface area contributed by atoms with E-state index >= 15 is 0 Å². The van der Waals surface area contributed by atoms with Gasteiger partial charge in [-0.25, -0.2) is 9.97 Å². The summed E-state index contributed by atoms with van der Waals surface area (Å²) in [5.41, 5.74) is 6.45. The van der Waals surface area contributed by atoms with Crippen molar-refractivity contribution in [3.8, 4) is 11.6 Å². The fourth-order valence-electron chi connectivity index (χ4n) is 1.60. The number of aromatic nitrogens is 4. The number of hydrogen-bond acceptors (Lipinski definition) is 6. The summed E-state index contributed by atoms with van der Waals surface area (Å²) in [7, 11) is 0. The van der Waals surface area contributed by atoms with Gasteiger partial charge in [0.25, 0.3) is 0 Å². The molecule has 0 unspecified atom stereocenters. The Kier molecular flexibility index (Phi) is 2.12. The molecule has 0 aliphatic rings. The minimum absolute atomic E-state index is 0.114. The van der Waals surface area contributed by atoms with Crippen LogP contribution >= 0.6 is 0 Å². The lowest BCUT2D eigenvalue weighted by Crippen LogP contribution is -2.07. The highest BCUT2D eigenvalue weighted by atomic mass is 16.3. The smallest absolute Gasteiger partial charge is 0.223 e. The highest BCUT2D eigenvalue weighted by Crippen LogP contribution is 2.18. The molecule has 0 aliphatic carbocycles. The maximum atomic E-state index is 11.3. The van der Waals surface area contributed by atoms with E-state index in [1.807, 2.05) is 0 Å². The summed E-state index contributed by atoms with van der Waals surface area (Å²) in [5, 5.41) is 4.17. The summed E-state index contributed by atoms with van der Waals surface area (Å²) in [6, 6.07) is 5.02. The fraction of sp³-hybridized carbons (Fsp3) is 0.0909. The second-order valence-electron chi connectivity index (χ2n) is 3.74. The van der Waals surface area contributed by atoms with Crippen molar-refractivity contribution < 1.29 is 9.21 Å². The van der Waals surface area contributed by atoms with E-state index in [2.05, 4.69) is 15.1 Å². The van der Waals surface area contributed by atoms with Crippen LogP contribution in [0.5, 0.6) is 0 Å². The van der Waals surface area contributed by atoms with Crippen LogP contribution < -0.4 is 5.73 Å². The van der Waals surface area contributed by atoms with E-state index in [9.17, 15) is 4.79 Å². The molecule has 0 aliphatic heterocycles. The molecule has 0 spiro atoms. The van der Waals surface area contributed by atoms with Crippen molar-refractivity contribution in [3.05, 3.63) is 30.2 Å². The number of ketones is 1. The first-order valence-electron chi connectivity index (χ1n) is 5.23. The van der Waals surface area contributed by atoms with Crippen LogP contribution in [0.3, 0.4) is 0 Å². The van der Waals surface area contributed by atoms with Gasteiger partial charge in [-0.3, -0.25) is 4.79 Å². The lowest BCUT2D eigenvalue weighted by Gasteiger charge is -1.98. The molecule has 7 heteroatoms. The van der Waals surface area contributed by atoms with E-state index in [-0.39, 0.29) is 17.4 Å². The van der Waals surface area contributed by atoms with Crippen LogP contribution in [0.1, 0.15) is 17.4 Å². The summed E-state index contributed by atoms with van der Waals surface area (Å²) >= 11 is 0. The zero-order chi connectivity index (χ0) is 12.7. The van der Waals surface area contributed by atoms with Gasteiger partial charge in [0.1, 0.15) is 5.69 Å². The Balaban J connectivity index is 2.23. The van der Waals surface area contributed by atoms with Crippen molar-refractivity contribution in [1.82, 2.24) is 19.6 Å². The van der Waals surface area contributed by atoms with Crippen LogP contribution in [0.4, 0.5) is 5.95 Å². The first-order valence-corrected chi connectivity index (χ1v) is 5.23. The van der Waals surface area contributed by atoms with E-state index in [0.29, 0.717) is 17.2 Å². The standard InChI is InChI=1S/C11H9N5O2/c1-6(17)7-5-9-14-10(8-3-2-4-18-8)15-16(9)11(12)13-7/h2-5H,1H3,(H2,12,13). The summed E-state index contributed by atoms with van der Waals surface area (Å²) < 4.78 is 6.57. The van der Waals surface area contributed by atoms with Crippen LogP contribution in [0, 0.1) is 0 Å². The first kappa shape index (κ1) is 10.5. The van der Waals surface area contributed by atoms with Crippen LogP contribution in [0.2, 0.25) is 0 Å². The highest BCUT2D eigenvalue weighted by molar-refractivity contribution is 5.93. The number of fused-ring (bicyclic) bond motifs is 1. The van der Waals surface area contributed by atoms with Crippen molar-refractivity contribution in [2.75, 3.05) is 5.73 Å². The fourth-order valence-corrected chi connectivity index (χ4v) is 1.60. The largest absolute Gasteiger partial charge is 0.461 e. The number of hydrogen-bond donors (Lipinski definition) is 1. The Morgan fingerprint density at radius 1 is 1.44 bits per heavy atom. The molecule has 2 N–H and O–H groups in total. The van der Waals surface area contributed by atoms with E-state index in [1.165, 1.54) is 23.8 Å². The number of rotatable bonds is 2. The Hall–Kier alpha value is -2.70. The van der Waals surface area contributed by atoms with Gasteiger partial charge in [0.05, 0.1) is 6.26 Å². The minimum Gasteiger partial charge on any atom is -0.461 e. The van der Waals surface area contributed by atoms with Crippen molar-refractivity contribution in [3.63, 3.8) is 0 Å². The predicted octanol–water partition coefficient (Wildman–Crippen LogP) is 1.17. The second kappa shape index (κ2) is 3.66. The summed E-state index contributed by atoms with van der Waals surface area (Å²) in [6.45, 7) is 1.42. The van der Waals surface area contributed by atoms with Gasteiger partial charge in [-0.15, -0.1) is 5.10 Å². The molecular formula is C11H9N5O2. The Morgan fingerprint density at radius 3 is 2.94 bits per heavy atom. The zero-order valence-electron chi connectivity index (χ0n) is 9.49. The van der Waals surface area contributed by atoms with Gasteiger partial charge >= 0.3 is 0 Å². The van der Waals surface area contributed by atoms with Gasteiger partial charge < -0.3 is 10.2 Å². The van der Waals surface area contributed by atoms with E-state index < -0.39 is 0 Å². The van der Waals surface area contributed by atoms with Gasteiger partial charge in [-0.05, 0) is 12.1 Å². The third-order valence-corrected chi connectivity index (χ3v) is 2.45. The molecule has 0 bridgehead atoms. The molecule has 0 fully saturated rings. The SMILES string of the molecule is CC(=O)c1cc2nc(-c3ccco3)nn2c(N)n1. The summed E-state index contributed by atoms with van der Waals surface area (Å²) in [4.78, 5) is 19.5. The third kappa shape index (κ3) is 1.53. The lowest BCUT2D eigenvalue weighted by molar-refractivity contribution is 0.101. The van der Waals surface area contributed by atoms with Gasteiger partial charge in [-0.1, -0.05) is 0 Å². The molecule has 0 atom stereocenters. The molecule has 0 saturated carbocycles. The number of anilines is 1. The lowest BCUT2D eigenvalue weighted by atomic mass is 10.3. The van der Waals surface area contributed by atoms with Crippen molar-refractivity contribution in [2.24, 2.45) is 0 Å². The molecule has 0 radical (unpaired) electrons. The van der Waals surface area contributed by atoms with Gasteiger partial charge in [0, 0.05) is 13.0 Å². The second-order valence-corrected chi connectivity index (χ2v) is 3.74. The molecule has 3 rings (SSSR count). The number of Topliss-reactive ketones (excluding diaryl/α,β-unsaturated/α-hetero) is 1. The topological polar surface area (TPSA) is 99.3 Å². The Bertz CT molecular complexity index is 729. The maximum Gasteiger partial charge on any atom is 0.223 e. The van der Waals surface area contributed by atoms with Crippen molar-refractivity contribution in [2.45, 2.75) is 6.92 Å². The number of furan rings is 1. The van der Waals surface area contributed by atoms with Crippen LogP contribution in [0.15, 0.2) is 28.9 Å². The van der Waals surface area contributed by atoms with Gasteiger partial charge in [-0.2, -0.15) is 4.52 Å². The van der Waals surface area contributed by atoms with E-state index in [1.54, 1.807) is 12.1 Å². The zero-order valence-corrected chi connectivity index (χ0v) is 9.49. The molecule has 18 heavy (non-hydrogen) atoms. The molecule has 0 saturated heterocycles. The molecule has 3 heterocycles. The number of carbonyl (C=O) groups is 1. The number of nitrogen functional groups attached to an aromatic ring is 1. The summed E-state index contributed by atoms with van der Waals surface area (Å²) in [5.74, 6) is 0.867.